The van der Waals surface area contributed by atoms with E-state index in [1.165, 1.54) is 0 Å². The molecule has 5 heteroatoms. The molecule has 5 nitrogen and oxygen atoms in total. The predicted molar refractivity (Wildman–Crippen MR) is 74.4 cm³/mol. The first-order valence-corrected chi connectivity index (χ1v) is 6.08. The molecular formula is C14H20N2O3. The highest BCUT2D eigenvalue weighted by Gasteiger charge is 2.27. The molecule has 0 aliphatic heterocycles. The van der Waals surface area contributed by atoms with Crippen LogP contribution in [-0.2, 0) is 4.79 Å². The maximum atomic E-state index is 11.8. The molecule has 0 saturated carbocycles. The number of aryl methyl sites for hydroxylation is 2. The number of nitrogens with one attached hydrogen (secondary N) is 2. The molecule has 0 spiro atoms. The Morgan fingerprint density at radius 1 is 1.21 bits per heavy atom. The van der Waals surface area contributed by atoms with Crippen molar-refractivity contribution in [2.45, 2.75) is 27.7 Å². The second-order valence-electron chi connectivity index (χ2n) is 5.26. The van der Waals surface area contributed by atoms with Crippen LogP contribution < -0.4 is 10.6 Å². The van der Waals surface area contributed by atoms with Gasteiger partial charge in [-0.1, -0.05) is 18.2 Å². The second-order valence-corrected chi connectivity index (χ2v) is 5.26. The van der Waals surface area contributed by atoms with Gasteiger partial charge in [0.25, 0.3) is 0 Å². The number of urea groups is 1. The van der Waals surface area contributed by atoms with Crippen LogP contribution in [0.1, 0.15) is 25.0 Å². The summed E-state index contributed by atoms with van der Waals surface area (Å²) in [5.41, 5.74) is 1.70. The third-order valence-corrected chi connectivity index (χ3v) is 2.99. The number of carbonyl (C=O) groups is 2. The fourth-order valence-corrected chi connectivity index (χ4v) is 1.55. The highest BCUT2D eigenvalue weighted by molar-refractivity contribution is 5.91. The van der Waals surface area contributed by atoms with Gasteiger partial charge in [0.2, 0.25) is 0 Å². The Morgan fingerprint density at radius 2 is 1.74 bits per heavy atom. The number of carbonyl (C=O) groups excluding carboxylic acids is 1. The molecule has 0 aromatic heterocycles. The Bertz CT molecular complexity index is 475. The van der Waals surface area contributed by atoms with Crippen molar-refractivity contribution in [3.8, 4) is 0 Å². The standard InChI is InChI=1S/C14H20N2O3/c1-9-6-5-7-10(2)11(9)16-13(19)15-8-14(3,4)12(17)18/h5-7H,8H2,1-4H3,(H,17,18)(H2,15,16,19). The van der Waals surface area contributed by atoms with E-state index in [9.17, 15) is 9.59 Å². The summed E-state index contributed by atoms with van der Waals surface area (Å²) in [6.07, 6.45) is 0. The van der Waals surface area contributed by atoms with Crippen molar-refractivity contribution in [1.82, 2.24) is 5.32 Å². The minimum absolute atomic E-state index is 0.0685. The Hall–Kier alpha value is -2.04. The molecule has 104 valence electrons. The van der Waals surface area contributed by atoms with Gasteiger partial charge < -0.3 is 15.7 Å². The molecule has 0 aliphatic carbocycles. The minimum Gasteiger partial charge on any atom is -0.481 e. The van der Waals surface area contributed by atoms with Crippen molar-refractivity contribution in [3.05, 3.63) is 29.3 Å². The molecular weight excluding hydrogens is 244 g/mol. The fourth-order valence-electron chi connectivity index (χ4n) is 1.55. The Labute approximate surface area is 113 Å². The maximum absolute atomic E-state index is 11.8. The largest absolute Gasteiger partial charge is 0.481 e. The molecule has 0 saturated heterocycles. The average molecular weight is 264 g/mol. The first-order chi connectivity index (χ1) is 8.74. The van der Waals surface area contributed by atoms with Crippen LogP contribution in [-0.4, -0.2) is 23.7 Å². The minimum atomic E-state index is -0.988. The highest BCUT2D eigenvalue weighted by Crippen LogP contribution is 2.19. The van der Waals surface area contributed by atoms with Gasteiger partial charge in [0.1, 0.15) is 0 Å². The zero-order valence-electron chi connectivity index (χ0n) is 11.7. The molecule has 2 amide bonds. The smallest absolute Gasteiger partial charge is 0.319 e. The normalized spacial score (nSPS) is 10.9. The lowest BCUT2D eigenvalue weighted by molar-refractivity contribution is -0.146. The number of para-hydroxylation sites is 1. The number of hydrogen-bond donors (Lipinski definition) is 3. The summed E-state index contributed by atoms with van der Waals surface area (Å²) in [5, 5.41) is 14.3. The lowest BCUT2D eigenvalue weighted by Crippen LogP contribution is -2.40. The van der Waals surface area contributed by atoms with Crippen molar-refractivity contribution >= 4 is 17.7 Å². The van der Waals surface area contributed by atoms with Crippen LogP contribution in [0.3, 0.4) is 0 Å². The van der Waals surface area contributed by atoms with Gasteiger partial charge in [-0.05, 0) is 38.8 Å². The number of benzene rings is 1. The summed E-state index contributed by atoms with van der Waals surface area (Å²) >= 11 is 0. The molecule has 0 fully saturated rings. The quantitative estimate of drug-likeness (QED) is 0.782. The average Bonchev–Trinajstić information content (AvgIpc) is 2.31. The van der Waals surface area contributed by atoms with Crippen LogP contribution in [0.25, 0.3) is 0 Å². The van der Waals surface area contributed by atoms with Crippen molar-refractivity contribution in [2.24, 2.45) is 5.41 Å². The topological polar surface area (TPSA) is 78.4 Å². The first kappa shape index (κ1) is 15.0. The van der Waals surface area contributed by atoms with Gasteiger partial charge in [0.15, 0.2) is 0 Å². The third kappa shape index (κ3) is 3.98. The van der Waals surface area contributed by atoms with Crippen LogP contribution in [0.4, 0.5) is 10.5 Å². The first-order valence-electron chi connectivity index (χ1n) is 6.08. The second kappa shape index (κ2) is 5.73. The lowest BCUT2D eigenvalue weighted by atomic mass is 9.94. The molecule has 1 rings (SSSR count). The Kier molecular flexibility index (Phi) is 4.53. The number of rotatable bonds is 4. The number of anilines is 1. The van der Waals surface area contributed by atoms with E-state index in [2.05, 4.69) is 10.6 Å². The molecule has 1 aromatic carbocycles. The molecule has 19 heavy (non-hydrogen) atoms. The maximum Gasteiger partial charge on any atom is 0.319 e. The number of carboxylic acids is 1. The summed E-state index contributed by atoms with van der Waals surface area (Å²) in [4.78, 5) is 22.7. The highest BCUT2D eigenvalue weighted by atomic mass is 16.4. The molecule has 0 bridgehead atoms. The van der Waals surface area contributed by atoms with E-state index in [1.807, 2.05) is 32.0 Å². The van der Waals surface area contributed by atoms with Crippen LogP contribution in [0.2, 0.25) is 0 Å². The Morgan fingerprint density at radius 3 is 2.21 bits per heavy atom. The van der Waals surface area contributed by atoms with E-state index in [0.717, 1.165) is 16.8 Å². The molecule has 1 aromatic rings. The fraction of sp³-hybridized carbons (Fsp3) is 0.429. The lowest BCUT2D eigenvalue weighted by Gasteiger charge is -2.20. The van der Waals surface area contributed by atoms with Gasteiger partial charge in [-0.15, -0.1) is 0 Å². The van der Waals surface area contributed by atoms with E-state index in [-0.39, 0.29) is 6.54 Å². The Balaban J connectivity index is 2.64. The predicted octanol–water partition coefficient (Wildman–Crippen LogP) is 2.54. The SMILES string of the molecule is Cc1cccc(C)c1NC(=O)NCC(C)(C)C(=O)O. The van der Waals surface area contributed by atoms with Crippen LogP contribution in [0.5, 0.6) is 0 Å². The molecule has 0 atom stereocenters. The van der Waals surface area contributed by atoms with E-state index < -0.39 is 17.4 Å². The van der Waals surface area contributed by atoms with Gasteiger partial charge in [-0.25, -0.2) is 4.79 Å². The van der Waals surface area contributed by atoms with Gasteiger partial charge in [0.05, 0.1) is 5.41 Å². The van der Waals surface area contributed by atoms with Gasteiger partial charge in [0, 0.05) is 12.2 Å². The number of amides is 2. The zero-order valence-corrected chi connectivity index (χ0v) is 11.7. The van der Waals surface area contributed by atoms with Gasteiger partial charge >= 0.3 is 12.0 Å². The van der Waals surface area contributed by atoms with Gasteiger partial charge in [-0.2, -0.15) is 0 Å². The molecule has 0 radical (unpaired) electrons. The summed E-state index contributed by atoms with van der Waals surface area (Å²) < 4.78 is 0. The summed E-state index contributed by atoms with van der Waals surface area (Å²) in [6, 6.07) is 5.33. The van der Waals surface area contributed by atoms with Crippen molar-refractivity contribution < 1.29 is 14.7 Å². The number of aliphatic carboxylic acids is 1. The third-order valence-electron chi connectivity index (χ3n) is 2.99. The summed E-state index contributed by atoms with van der Waals surface area (Å²) in [7, 11) is 0. The van der Waals surface area contributed by atoms with Crippen molar-refractivity contribution in [2.75, 3.05) is 11.9 Å². The summed E-state index contributed by atoms with van der Waals surface area (Å²) in [5.74, 6) is -0.945. The van der Waals surface area contributed by atoms with E-state index in [1.54, 1.807) is 13.8 Å². The zero-order chi connectivity index (χ0) is 14.6. The molecule has 0 heterocycles. The molecule has 3 N–H and O–H groups in total. The van der Waals surface area contributed by atoms with Crippen molar-refractivity contribution in [3.63, 3.8) is 0 Å². The van der Waals surface area contributed by atoms with E-state index in [0.29, 0.717) is 0 Å². The van der Waals surface area contributed by atoms with Crippen LogP contribution in [0.15, 0.2) is 18.2 Å². The summed E-state index contributed by atoms with van der Waals surface area (Å²) in [6.45, 7) is 7.01. The monoisotopic (exact) mass is 264 g/mol. The van der Waals surface area contributed by atoms with Gasteiger partial charge in [-0.3, -0.25) is 4.79 Å². The van der Waals surface area contributed by atoms with E-state index in [4.69, 9.17) is 5.11 Å². The number of carboxylic acid groups (broad SMARTS) is 1. The van der Waals surface area contributed by atoms with Crippen molar-refractivity contribution in [1.29, 1.82) is 0 Å². The molecule has 0 aliphatic rings. The van der Waals surface area contributed by atoms with Crippen LogP contribution in [0, 0.1) is 19.3 Å². The van der Waals surface area contributed by atoms with Crippen LogP contribution >= 0.6 is 0 Å². The van der Waals surface area contributed by atoms with E-state index >= 15 is 0 Å². The number of hydrogen-bond acceptors (Lipinski definition) is 2. The molecule has 0 unspecified atom stereocenters.